The molecular formula is C23H31N3O5S2. The van der Waals surface area contributed by atoms with Crippen LogP contribution in [0.1, 0.15) is 45.0 Å². The van der Waals surface area contributed by atoms with Crippen molar-refractivity contribution in [3.8, 4) is 11.5 Å². The van der Waals surface area contributed by atoms with E-state index in [0.29, 0.717) is 63.7 Å². The Balaban J connectivity index is 2.12. The van der Waals surface area contributed by atoms with Crippen LogP contribution in [0, 0.1) is 6.92 Å². The largest absolute Gasteiger partial charge is 0.493 e. The van der Waals surface area contributed by atoms with Crippen molar-refractivity contribution in [2.24, 2.45) is 0 Å². The van der Waals surface area contributed by atoms with Gasteiger partial charge in [-0.1, -0.05) is 6.07 Å². The number of esters is 1. The molecule has 0 radical (unpaired) electrons. The first-order valence-corrected chi connectivity index (χ1v) is 11.8. The minimum Gasteiger partial charge on any atom is -0.493 e. The Hall–Kier alpha value is -2.85. The Labute approximate surface area is 204 Å². The SMILES string of the molecule is CCN(CC)C(=O)c1sc(NC(=S)NCCc2ccc(OC)c(OC)c2)c(C(=O)OC)c1C. The molecule has 2 N–H and O–H groups in total. The molecule has 0 fully saturated rings. The van der Waals surface area contributed by atoms with Gasteiger partial charge in [-0.15, -0.1) is 11.3 Å². The number of hydrogen-bond donors (Lipinski definition) is 2. The molecule has 180 valence electrons. The van der Waals surface area contributed by atoms with Crippen molar-refractivity contribution in [3.05, 3.63) is 39.8 Å². The van der Waals surface area contributed by atoms with E-state index >= 15 is 0 Å². The lowest BCUT2D eigenvalue weighted by Gasteiger charge is -2.17. The first-order chi connectivity index (χ1) is 15.8. The zero-order chi connectivity index (χ0) is 24.5. The summed E-state index contributed by atoms with van der Waals surface area (Å²) in [4.78, 5) is 27.5. The lowest BCUT2D eigenvalue weighted by molar-refractivity contribution is 0.0601. The summed E-state index contributed by atoms with van der Waals surface area (Å²) in [5.74, 6) is 0.703. The zero-order valence-corrected chi connectivity index (χ0v) is 21.5. The van der Waals surface area contributed by atoms with Crippen LogP contribution in [0.15, 0.2) is 18.2 Å². The van der Waals surface area contributed by atoms with Crippen LogP contribution in [0.25, 0.3) is 0 Å². The summed E-state index contributed by atoms with van der Waals surface area (Å²) in [6.07, 6.45) is 0.696. The van der Waals surface area contributed by atoms with Gasteiger partial charge in [0.05, 0.1) is 31.8 Å². The summed E-state index contributed by atoms with van der Waals surface area (Å²) in [7, 11) is 4.51. The molecule has 0 bridgehead atoms. The highest BCUT2D eigenvalue weighted by Gasteiger charge is 2.27. The molecule has 10 heteroatoms. The molecule has 0 aliphatic heterocycles. The van der Waals surface area contributed by atoms with Gasteiger partial charge in [-0.25, -0.2) is 4.79 Å². The smallest absolute Gasteiger partial charge is 0.341 e. The maximum atomic E-state index is 12.9. The van der Waals surface area contributed by atoms with Crippen LogP contribution < -0.4 is 20.1 Å². The fraction of sp³-hybridized carbons (Fsp3) is 0.435. The van der Waals surface area contributed by atoms with Crippen molar-refractivity contribution in [2.75, 3.05) is 46.3 Å². The number of amides is 1. The van der Waals surface area contributed by atoms with Crippen LogP contribution in [0.4, 0.5) is 5.00 Å². The summed E-state index contributed by atoms with van der Waals surface area (Å²) < 4.78 is 15.5. The molecule has 0 aliphatic carbocycles. The second-order valence-electron chi connectivity index (χ2n) is 7.05. The molecule has 0 aliphatic rings. The second kappa shape index (κ2) is 12.4. The van der Waals surface area contributed by atoms with E-state index in [9.17, 15) is 9.59 Å². The number of nitrogens with zero attached hydrogens (tertiary/aromatic N) is 1. The van der Waals surface area contributed by atoms with Crippen LogP contribution >= 0.6 is 23.6 Å². The van der Waals surface area contributed by atoms with E-state index in [1.807, 2.05) is 32.0 Å². The molecule has 2 rings (SSSR count). The Morgan fingerprint density at radius 2 is 1.76 bits per heavy atom. The van der Waals surface area contributed by atoms with Crippen LogP contribution in [-0.2, 0) is 11.2 Å². The fourth-order valence-corrected chi connectivity index (χ4v) is 4.75. The third-order valence-electron chi connectivity index (χ3n) is 5.16. The van der Waals surface area contributed by atoms with E-state index in [-0.39, 0.29) is 5.91 Å². The minimum atomic E-state index is -0.516. The molecule has 1 amide bonds. The Bertz CT molecular complexity index is 1000. The number of methoxy groups -OCH3 is 3. The standard InChI is InChI=1S/C23H31N3O5S2/c1-7-26(8-2)21(27)19-14(3)18(22(28)31-6)20(33-19)25-23(32)24-12-11-15-9-10-16(29-4)17(13-15)30-5/h9-10,13H,7-8,11-12H2,1-6H3,(H2,24,25,32). The van der Waals surface area contributed by atoms with Gasteiger partial charge >= 0.3 is 5.97 Å². The number of hydrogen-bond acceptors (Lipinski definition) is 7. The van der Waals surface area contributed by atoms with Gasteiger partial charge in [-0.05, 0) is 62.7 Å². The predicted molar refractivity (Wildman–Crippen MR) is 135 cm³/mol. The topological polar surface area (TPSA) is 89.1 Å². The molecule has 0 unspecified atom stereocenters. The zero-order valence-electron chi connectivity index (χ0n) is 19.9. The van der Waals surface area contributed by atoms with Crippen LogP contribution in [-0.4, -0.2) is 62.9 Å². The first-order valence-electron chi connectivity index (χ1n) is 10.6. The molecule has 33 heavy (non-hydrogen) atoms. The maximum absolute atomic E-state index is 12.9. The molecule has 0 spiro atoms. The van der Waals surface area contributed by atoms with Crippen molar-refractivity contribution >= 4 is 45.5 Å². The van der Waals surface area contributed by atoms with E-state index < -0.39 is 5.97 Å². The average molecular weight is 494 g/mol. The number of benzene rings is 1. The molecule has 0 saturated heterocycles. The second-order valence-corrected chi connectivity index (χ2v) is 8.48. The highest BCUT2D eigenvalue weighted by Crippen LogP contribution is 2.34. The molecular weight excluding hydrogens is 462 g/mol. The van der Waals surface area contributed by atoms with Crippen molar-refractivity contribution in [1.82, 2.24) is 10.2 Å². The van der Waals surface area contributed by atoms with Gasteiger partial charge in [0.2, 0.25) is 0 Å². The monoisotopic (exact) mass is 493 g/mol. The highest BCUT2D eigenvalue weighted by molar-refractivity contribution is 7.80. The minimum absolute atomic E-state index is 0.118. The van der Waals surface area contributed by atoms with E-state index in [2.05, 4.69) is 10.6 Å². The lowest BCUT2D eigenvalue weighted by Crippen LogP contribution is -2.30. The third-order valence-corrected chi connectivity index (χ3v) is 6.60. The van der Waals surface area contributed by atoms with Gasteiger partial charge in [0.15, 0.2) is 16.6 Å². The summed E-state index contributed by atoms with van der Waals surface area (Å²) in [6.45, 7) is 7.31. The number of carbonyl (C=O) groups excluding carboxylic acids is 2. The summed E-state index contributed by atoms with van der Waals surface area (Å²) in [5.41, 5.74) is 1.96. The normalized spacial score (nSPS) is 10.4. The number of thiophene rings is 1. The number of rotatable bonds is 10. The lowest BCUT2D eigenvalue weighted by atomic mass is 10.1. The number of ether oxygens (including phenoxy) is 3. The molecule has 1 aromatic carbocycles. The van der Waals surface area contributed by atoms with Gasteiger partial charge in [-0.3, -0.25) is 4.79 Å². The van der Waals surface area contributed by atoms with Crippen molar-refractivity contribution in [1.29, 1.82) is 0 Å². The molecule has 0 atom stereocenters. The Morgan fingerprint density at radius 1 is 1.09 bits per heavy atom. The number of thiocarbonyl (C=S) groups is 1. The van der Waals surface area contributed by atoms with Gasteiger partial charge < -0.3 is 29.7 Å². The summed E-state index contributed by atoms with van der Waals surface area (Å²) in [6, 6.07) is 5.74. The van der Waals surface area contributed by atoms with E-state index in [1.54, 1.807) is 26.0 Å². The number of anilines is 1. The van der Waals surface area contributed by atoms with Gasteiger partial charge in [-0.2, -0.15) is 0 Å². The first kappa shape index (κ1) is 26.4. The van der Waals surface area contributed by atoms with E-state index in [0.717, 1.165) is 5.56 Å². The summed E-state index contributed by atoms with van der Waals surface area (Å²) >= 11 is 6.63. The van der Waals surface area contributed by atoms with Crippen LogP contribution in [0.3, 0.4) is 0 Å². The van der Waals surface area contributed by atoms with Crippen LogP contribution in [0.2, 0.25) is 0 Å². The fourth-order valence-electron chi connectivity index (χ4n) is 3.31. The maximum Gasteiger partial charge on any atom is 0.341 e. The number of carbonyl (C=O) groups is 2. The Kier molecular flexibility index (Phi) is 9.93. The third kappa shape index (κ3) is 6.35. The molecule has 1 heterocycles. The highest BCUT2D eigenvalue weighted by atomic mass is 32.1. The van der Waals surface area contributed by atoms with Gasteiger partial charge in [0.1, 0.15) is 5.00 Å². The molecule has 0 saturated carbocycles. The van der Waals surface area contributed by atoms with E-state index in [4.69, 9.17) is 26.4 Å². The van der Waals surface area contributed by atoms with E-state index in [1.165, 1.54) is 18.4 Å². The number of nitrogens with one attached hydrogen (secondary N) is 2. The predicted octanol–water partition coefficient (Wildman–Crippen LogP) is 3.87. The van der Waals surface area contributed by atoms with Crippen molar-refractivity contribution in [3.63, 3.8) is 0 Å². The van der Waals surface area contributed by atoms with Crippen molar-refractivity contribution < 1.29 is 23.8 Å². The molecule has 2 aromatic rings. The van der Waals surface area contributed by atoms with Crippen molar-refractivity contribution in [2.45, 2.75) is 27.2 Å². The summed E-state index contributed by atoms with van der Waals surface area (Å²) in [5, 5.41) is 7.04. The Morgan fingerprint density at radius 3 is 2.33 bits per heavy atom. The quantitative estimate of drug-likeness (QED) is 0.381. The van der Waals surface area contributed by atoms with Crippen LogP contribution in [0.5, 0.6) is 11.5 Å². The van der Waals surface area contributed by atoms with Gasteiger partial charge in [0, 0.05) is 19.6 Å². The molecule has 8 nitrogen and oxygen atoms in total. The average Bonchev–Trinajstić information content (AvgIpc) is 3.14. The van der Waals surface area contributed by atoms with Gasteiger partial charge in [0.25, 0.3) is 5.91 Å². The molecule has 1 aromatic heterocycles.